The first kappa shape index (κ1) is 20.7. The molecule has 1 unspecified atom stereocenters. The average molecular weight is 454 g/mol. The number of rotatable bonds is 6. The molecule has 32 heavy (non-hydrogen) atoms. The third-order valence-electron chi connectivity index (χ3n) is 11.0. The van der Waals surface area contributed by atoms with Gasteiger partial charge < -0.3 is 20.4 Å². The Bertz CT molecular complexity index is 789. The van der Waals surface area contributed by atoms with Crippen LogP contribution in [0.1, 0.15) is 95.9 Å². The predicted molar refractivity (Wildman–Crippen MR) is 124 cm³/mol. The van der Waals surface area contributed by atoms with Gasteiger partial charge in [0.15, 0.2) is 0 Å². The van der Waals surface area contributed by atoms with Gasteiger partial charge in [-0.15, -0.1) is 0 Å². The number of aliphatic hydroxyl groups excluding tert-OH is 3. The molecule has 5 nitrogen and oxygen atoms in total. The molecular formula is C27H46O5. The van der Waals surface area contributed by atoms with Gasteiger partial charge in [-0.3, -0.25) is 4.79 Å². The second-order valence-electron chi connectivity index (χ2n) is 12.3. The molecule has 0 bridgehead atoms. The van der Waals surface area contributed by atoms with E-state index in [1.54, 1.807) is 0 Å². The van der Waals surface area contributed by atoms with E-state index < -0.39 is 30.9 Å². The Kier molecular flexibility index (Phi) is 5.73. The van der Waals surface area contributed by atoms with E-state index in [0.29, 0.717) is 18.8 Å². The van der Waals surface area contributed by atoms with E-state index in [2.05, 4.69) is 20.8 Å². The minimum absolute atomic E-state index is 0.0518. The lowest BCUT2D eigenvalue weighted by Gasteiger charge is -2.63. The molecule has 4 aliphatic carbocycles. The van der Waals surface area contributed by atoms with Crippen molar-refractivity contribution in [3.05, 3.63) is 0 Å². The van der Waals surface area contributed by atoms with Crippen molar-refractivity contribution in [3.63, 3.8) is 0 Å². The Morgan fingerprint density at radius 1 is 1.06 bits per heavy atom. The zero-order valence-electron chi connectivity index (χ0n) is 23.0. The van der Waals surface area contributed by atoms with E-state index in [4.69, 9.17) is 4.11 Å². The van der Waals surface area contributed by atoms with Gasteiger partial charge in [-0.05, 0) is 97.7 Å². The Hall–Kier alpha value is -0.650. The molecule has 0 spiro atoms. The largest absolute Gasteiger partial charge is 0.481 e. The first-order valence-electron chi connectivity index (χ1n) is 14.5. The molecule has 0 aliphatic heterocycles. The van der Waals surface area contributed by atoms with Crippen molar-refractivity contribution in [1.82, 2.24) is 0 Å². The number of aliphatic carboxylic acids is 1. The summed E-state index contributed by atoms with van der Waals surface area (Å²) in [5, 5.41) is 42.6. The van der Waals surface area contributed by atoms with Crippen molar-refractivity contribution < 1.29 is 29.3 Å². The first-order chi connectivity index (χ1) is 16.2. The Balaban J connectivity index is 1.48. The molecule has 184 valence electrons. The van der Waals surface area contributed by atoms with E-state index in [1.165, 1.54) is 0 Å². The van der Waals surface area contributed by atoms with Crippen LogP contribution in [0.5, 0.6) is 0 Å². The maximum atomic E-state index is 11.6. The van der Waals surface area contributed by atoms with Gasteiger partial charge in [-0.2, -0.15) is 0 Å². The van der Waals surface area contributed by atoms with Crippen LogP contribution in [0.3, 0.4) is 0 Å². The number of carbonyl (C=O) groups is 1. The molecule has 12 atom stereocenters. The Labute approximate surface area is 198 Å². The second-order valence-corrected chi connectivity index (χ2v) is 12.3. The molecule has 4 rings (SSSR count). The average Bonchev–Trinajstić information content (AvgIpc) is 3.10. The number of fused-ring (bicyclic) bond motifs is 5. The SMILES string of the molecule is [2H]C([2H])([2H])C(CCC[C@@H](C)[C@H]1CC[C@H]2[C@@H]3[C@H](O)C[C@@H]4C[C@H](O)CC[C@]4(C)[C@H]3C[C@H](O)[C@]12C)C(=O)O. The smallest absolute Gasteiger partial charge is 0.306 e. The van der Waals surface area contributed by atoms with E-state index in [0.717, 1.165) is 44.9 Å². The molecular weight excluding hydrogens is 404 g/mol. The summed E-state index contributed by atoms with van der Waals surface area (Å²) in [6.45, 7) is 4.22. The Morgan fingerprint density at radius 3 is 2.50 bits per heavy atom. The molecule has 0 aromatic carbocycles. The van der Waals surface area contributed by atoms with Gasteiger partial charge in [0, 0.05) is 4.11 Å². The molecule has 4 N–H and O–H groups in total. The quantitative estimate of drug-likeness (QED) is 0.475. The fraction of sp³-hybridized carbons (Fsp3) is 0.963. The summed E-state index contributed by atoms with van der Waals surface area (Å²) < 4.78 is 22.6. The predicted octanol–water partition coefficient (Wildman–Crippen LogP) is 4.47. The van der Waals surface area contributed by atoms with Gasteiger partial charge in [-0.1, -0.05) is 40.5 Å². The monoisotopic (exact) mass is 453 g/mol. The highest BCUT2D eigenvalue weighted by molar-refractivity contribution is 5.69. The van der Waals surface area contributed by atoms with E-state index in [-0.39, 0.29) is 52.9 Å². The molecule has 0 amide bonds. The number of carboxylic acid groups (broad SMARTS) is 1. The zero-order chi connectivity index (χ0) is 25.9. The molecule has 0 heterocycles. The summed E-state index contributed by atoms with van der Waals surface area (Å²) >= 11 is 0. The summed E-state index contributed by atoms with van der Waals surface area (Å²) in [4.78, 5) is 11.4. The highest BCUT2D eigenvalue weighted by atomic mass is 16.4. The number of hydrogen-bond acceptors (Lipinski definition) is 4. The molecule has 0 saturated heterocycles. The lowest BCUT2D eigenvalue weighted by Crippen LogP contribution is -2.62. The zero-order valence-corrected chi connectivity index (χ0v) is 20.0. The normalized spacial score (nSPS) is 51.9. The van der Waals surface area contributed by atoms with Gasteiger partial charge >= 0.3 is 5.97 Å². The van der Waals surface area contributed by atoms with Gasteiger partial charge in [0.1, 0.15) is 0 Å². The number of carboxylic acids is 1. The number of aliphatic hydroxyl groups is 3. The fourth-order valence-electron chi connectivity index (χ4n) is 9.10. The van der Waals surface area contributed by atoms with Crippen LogP contribution >= 0.6 is 0 Å². The van der Waals surface area contributed by atoms with Crippen molar-refractivity contribution in [3.8, 4) is 0 Å². The van der Waals surface area contributed by atoms with Crippen LogP contribution in [0.15, 0.2) is 0 Å². The molecule has 5 heteroatoms. The topological polar surface area (TPSA) is 98.0 Å². The minimum atomic E-state index is -2.49. The maximum absolute atomic E-state index is 11.6. The Morgan fingerprint density at radius 2 is 1.81 bits per heavy atom. The van der Waals surface area contributed by atoms with Crippen LogP contribution in [0.4, 0.5) is 0 Å². The standard InChI is InChI=1S/C27H46O5/c1-15(6-5-7-16(2)25(31)32)19-8-9-20-24-21(14-23(30)27(19,20)4)26(3)11-10-18(28)12-17(26)13-22(24)29/h15-24,28-30H,5-14H2,1-4H3,(H,31,32)/t15-,16?,17+,18-,19-,20+,21+,22-,23+,24+,26+,27-/m1/s1/i2D3. The molecule has 4 fully saturated rings. The third-order valence-corrected chi connectivity index (χ3v) is 11.0. The van der Waals surface area contributed by atoms with Crippen LogP contribution in [0.25, 0.3) is 0 Å². The highest BCUT2D eigenvalue weighted by Gasteiger charge is 2.65. The van der Waals surface area contributed by atoms with Gasteiger partial charge in [0.25, 0.3) is 0 Å². The van der Waals surface area contributed by atoms with E-state index in [9.17, 15) is 25.2 Å². The van der Waals surface area contributed by atoms with Crippen molar-refractivity contribution >= 4 is 5.97 Å². The summed E-state index contributed by atoms with van der Waals surface area (Å²) in [5.41, 5.74) is -0.245. The minimum Gasteiger partial charge on any atom is -0.481 e. The van der Waals surface area contributed by atoms with E-state index >= 15 is 0 Å². The van der Waals surface area contributed by atoms with Crippen LogP contribution in [0.2, 0.25) is 0 Å². The third kappa shape index (κ3) is 3.84. The maximum Gasteiger partial charge on any atom is 0.306 e. The van der Waals surface area contributed by atoms with Crippen LogP contribution in [-0.4, -0.2) is 44.7 Å². The van der Waals surface area contributed by atoms with Crippen molar-refractivity contribution in [2.24, 2.45) is 52.3 Å². The first-order valence-corrected chi connectivity index (χ1v) is 13.0. The number of hydrogen-bond donors (Lipinski definition) is 4. The lowest BCUT2D eigenvalue weighted by atomic mass is 9.43. The van der Waals surface area contributed by atoms with Crippen LogP contribution in [-0.2, 0) is 4.79 Å². The van der Waals surface area contributed by atoms with Crippen LogP contribution < -0.4 is 0 Å². The fourth-order valence-corrected chi connectivity index (χ4v) is 9.10. The molecule has 4 aliphatic rings. The summed E-state index contributed by atoms with van der Waals surface area (Å²) in [6.07, 6.45) is 6.21. The van der Waals surface area contributed by atoms with Crippen LogP contribution in [0, 0.1) is 52.3 Å². The molecule has 0 aromatic rings. The van der Waals surface area contributed by atoms with Crippen molar-refractivity contribution in [1.29, 1.82) is 0 Å². The summed E-state index contributed by atoms with van der Waals surface area (Å²) in [6, 6.07) is 0. The molecule has 4 saturated carbocycles. The molecule has 0 aromatic heterocycles. The molecule has 0 radical (unpaired) electrons. The van der Waals surface area contributed by atoms with Crippen molar-refractivity contribution in [2.45, 2.75) is 110 Å². The summed E-state index contributed by atoms with van der Waals surface area (Å²) in [5.74, 6) is -1.09. The summed E-state index contributed by atoms with van der Waals surface area (Å²) in [7, 11) is 0. The van der Waals surface area contributed by atoms with Crippen molar-refractivity contribution in [2.75, 3.05) is 0 Å². The van der Waals surface area contributed by atoms with E-state index in [1.807, 2.05) is 0 Å². The van der Waals surface area contributed by atoms with Gasteiger partial charge in [-0.25, -0.2) is 0 Å². The van der Waals surface area contributed by atoms with Gasteiger partial charge in [0.2, 0.25) is 0 Å². The second kappa shape index (κ2) is 8.85. The highest BCUT2D eigenvalue weighted by Crippen LogP contribution is 2.68. The van der Waals surface area contributed by atoms with Gasteiger partial charge in [0.05, 0.1) is 24.2 Å². The lowest BCUT2D eigenvalue weighted by molar-refractivity contribution is -0.207.